The van der Waals surface area contributed by atoms with E-state index in [0.717, 1.165) is 11.8 Å². The molecule has 2 rings (SSSR count). The number of rotatable bonds is 8. The number of carbonyl (C=O) groups excluding carboxylic acids is 6. The summed E-state index contributed by atoms with van der Waals surface area (Å²) in [5.74, 6) is -3.61. The van der Waals surface area contributed by atoms with E-state index in [2.05, 4.69) is 15.5 Å². The lowest BCUT2D eigenvalue weighted by atomic mass is 10.2. The lowest BCUT2D eigenvalue weighted by molar-refractivity contribution is -0.196. The summed E-state index contributed by atoms with van der Waals surface area (Å²) < 4.78 is 0. The highest BCUT2D eigenvalue weighted by Gasteiger charge is 2.32. The summed E-state index contributed by atoms with van der Waals surface area (Å²) in [4.78, 5) is 73.9. The second kappa shape index (κ2) is 10.2. The molecular weight excluding hydrogens is 390 g/mol. The number of nitrogens with one attached hydrogen (secondary N) is 2. The van der Waals surface area contributed by atoms with E-state index in [0.29, 0.717) is 10.6 Å². The average molecular weight is 407 g/mol. The Morgan fingerprint density at radius 3 is 2.18 bits per heavy atom. The molecule has 1 saturated heterocycles. The molecule has 0 spiro atoms. The number of benzene rings is 1. The first-order valence-electron chi connectivity index (χ1n) is 8.19. The van der Waals surface area contributed by atoms with Crippen molar-refractivity contribution in [2.75, 3.05) is 18.8 Å². The van der Waals surface area contributed by atoms with Crippen LogP contribution in [0.2, 0.25) is 0 Å². The lowest BCUT2D eigenvalue weighted by Gasteiger charge is -2.12. The summed E-state index contributed by atoms with van der Waals surface area (Å²) in [6.07, 6.45) is -0.0649. The molecular formula is C17H17N3O7S. The Labute approximate surface area is 163 Å². The van der Waals surface area contributed by atoms with E-state index >= 15 is 0 Å². The van der Waals surface area contributed by atoms with Gasteiger partial charge in [-0.2, -0.15) is 0 Å². The highest BCUT2D eigenvalue weighted by atomic mass is 32.2. The van der Waals surface area contributed by atoms with Gasteiger partial charge in [0.25, 0.3) is 11.8 Å². The maximum Gasteiger partial charge on any atom is 0.352 e. The molecule has 2 N–H and O–H groups in total. The Morgan fingerprint density at radius 1 is 0.929 bits per heavy atom. The van der Waals surface area contributed by atoms with E-state index in [1.165, 1.54) is 0 Å². The van der Waals surface area contributed by atoms with Gasteiger partial charge in [0.15, 0.2) is 0 Å². The fraction of sp³-hybridized carbons (Fsp3) is 0.294. The number of thioether (sulfide) groups is 1. The summed E-state index contributed by atoms with van der Waals surface area (Å²) in [5, 5.41) is 4.59. The van der Waals surface area contributed by atoms with Gasteiger partial charge in [0.05, 0.1) is 12.3 Å². The van der Waals surface area contributed by atoms with Crippen LogP contribution in [-0.2, 0) is 28.8 Å². The van der Waals surface area contributed by atoms with Crippen molar-refractivity contribution in [2.45, 2.75) is 12.8 Å². The second-order valence-corrected chi connectivity index (χ2v) is 6.49. The van der Waals surface area contributed by atoms with Gasteiger partial charge in [-0.3, -0.25) is 24.0 Å². The van der Waals surface area contributed by atoms with Gasteiger partial charge in [0.1, 0.15) is 6.54 Å². The van der Waals surface area contributed by atoms with Gasteiger partial charge in [-0.15, -0.1) is 5.06 Å². The van der Waals surface area contributed by atoms with Crippen LogP contribution in [0.3, 0.4) is 0 Å². The first-order valence-corrected chi connectivity index (χ1v) is 9.17. The monoisotopic (exact) mass is 407 g/mol. The van der Waals surface area contributed by atoms with Gasteiger partial charge in [-0.1, -0.05) is 42.1 Å². The summed E-state index contributed by atoms with van der Waals surface area (Å²) >= 11 is 0.800. The molecule has 148 valence electrons. The van der Waals surface area contributed by atoms with Crippen molar-refractivity contribution in [2.24, 2.45) is 0 Å². The maximum atomic E-state index is 11.9. The van der Waals surface area contributed by atoms with Crippen molar-refractivity contribution >= 4 is 46.5 Å². The zero-order valence-corrected chi connectivity index (χ0v) is 15.5. The summed E-state index contributed by atoms with van der Waals surface area (Å²) in [6.45, 7) is -0.985. The molecule has 11 heteroatoms. The molecule has 0 unspecified atom stereocenters. The lowest BCUT2D eigenvalue weighted by Crippen LogP contribution is -2.42. The number of nitrogens with zero attached hydrogens (tertiary/aromatic N) is 1. The third-order valence-electron chi connectivity index (χ3n) is 3.42. The van der Waals surface area contributed by atoms with E-state index in [4.69, 9.17) is 0 Å². The van der Waals surface area contributed by atoms with E-state index in [1.54, 1.807) is 30.3 Å². The molecule has 4 amide bonds. The number of carbonyl (C=O) groups is 6. The fourth-order valence-corrected chi connectivity index (χ4v) is 2.71. The van der Waals surface area contributed by atoms with Crippen molar-refractivity contribution in [3.63, 3.8) is 0 Å². The van der Waals surface area contributed by atoms with Gasteiger partial charge in [0, 0.05) is 18.4 Å². The van der Waals surface area contributed by atoms with Crippen LogP contribution >= 0.6 is 11.8 Å². The number of hydroxylamine groups is 2. The van der Waals surface area contributed by atoms with Gasteiger partial charge < -0.3 is 15.5 Å². The number of hydrogen-bond acceptors (Lipinski definition) is 8. The summed E-state index contributed by atoms with van der Waals surface area (Å²) in [6, 6.07) is 8.44. The number of imide groups is 1. The molecule has 1 fully saturated rings. The van der Waals surface area contributed by atoms with Crippen LogP contribution < -0.4 is 10.6 Å². The van der Waals surface area contributed by atoms with E-state index in [1.807, 2.05) is 0 Å². The molecule has 0 bridgehead atoms. The molecule has 0 aliphatic carbocycles. The van der Waals surface area contributed by atoms with E-state index in [-0.39, 0.29) is 23.7 Å². The molecule has 10 nitrogen and oxygen atoms in total. The first-order chi connectivity index (χ1) is 13.4. The van der Waals surface area contributed by atoms with Crippen LogP contribution in [0.15, 0.2) is 30.3 Å². The molecule has 0 radical (unpaired) electrons. The Bertz CT molecular complexity index is 781. The van der Waals surface area contributed by atoms with Crippen LogP contribution in [0.1, 0.15) is 23.2 Å². The average Bonchev–Trinajstić information content (AvgIpc) is 3.01. The molecule has 0 aromatic heterocycles. The SMILES string of the molecule is O=C(CNC(=O)CSC(=O)c1ccccc1)NCC(=O)ON1C(=O)CCC1=O. The second-order valence-electron chi connectivity index (χ2n) is 5.54. The summed E-state index contributed by atoms with van der Waals surface area (Å²) in [7, 11) is 0. The van der Waals surface area contributed by atoms with Crippen molar-refractivity contribution < 1.29 is 33.6 Å². The van der Waals surface area contributed by atoms with Crippen molar-refractivity contribution in [3.8, 4) is 0 Å². The number of hydrogen-bond donors (Lipinski definition) is 2. The van der Waals surface area contributed by atoms with Gasteiger partial charge in [-0.25, -0.2) is 4.79 Å². The first kappa shape index (κ1) is 21.1. The van der Waals surface area contributed by atoms with Gasteiger partial charge in [0.2, 0.25) is 16.9 Å². The van der Waals surface area contributed by atoms with Crippen LogP contribution in [0.5, 0.6) is 0 Å². The minimum Gasteiger partial charge on any atom is -0.346 e. The van der Waals surface area contributed by atoms with Crippen LogP contribution in [0.25, 0.3) is 0 Å². The molecule has 1 aromatic rings. The van der Waals surface area contributed by atoms with Crippen molar-refractivity contribution in [1.82, 2.24) is 15.7 Å². The molecule has 0 atom stereocenters. The zero-order valence-electron chi connectivity index (χ0n) is 14.6. The molecule has 1 heterocycles. The molecule has 0 saturated carbocycles. The Morgan fingerprint density at radius 2 is 1.54 bits per heavy atom. The number of amides is 4. The van der Waals surface area contributed by atoms with E-state index < -0.39 is 42.7 Å². The minimum atomic E-state index is -0.993. The predicted octanol–water partition coefficient (Wildman–Crippen LogP) is -0.600. The quantitative estimate of drug-likeness (QED) is 0.545. The topological polar surface area (TPSA) is 139 Å². The van der Waals surface area contributed by atoms with Crippen molar-refractivity contribution in [3.05, 3.63) is 35.9 Å². The highest BCUT2D eigenvalue weighted by molar-refractivity contribution is 8.14. The highest BCUT2D eigenvalue weighted by Crippen LogP contribution is 2.12. The molecule has 1 aliphatic heterocycles. The van der Waals surface area contributed by atoms with Crippen LogP contribution in [0, 0.1) is 0 Å². The predicted molar refractivity (Wildman–Crippen MR) is 96.4 cm³/mol. The van der Waals surface area contributed by atoms with Gasteiger partial charge >= 0.3 is 5.97 Å². The zero-order chi connectivity index (χ0) is 20.5. The van der Waals surface area contributed by atoms with Crippen molar-refractivity contribution in [1.29, 1.82) is 0 Å². The summed E-state index contributed by atoms with van der Waals surface area (Å²) in [5.41, 5.74) is 0.464. The Kier molecular flexibility index (Phi) is 7.69. The third-order valence-corrected chi connectivity index (χ3v) is 4.32. The minimum absolute atomic E-state index is 0.0324. The largest absolute Gasteiger partial charge is 0.352 e. The molecule has 1 aliphatic rings. The molecule has 28 heavy (non-hydrogen) atoms. The fourth-order valence-electron chi connectivity index (χ4n) is 2.04. The standard InChI is InChI=1S/C17H17N3O7S/c21-12(19-9-16(25)27-20-14(23)6-7-15(20)24)8-18-13(22)10-28-17(26)11-4-2-1-3-5-11/h1-5H,6-10H2,(H,18,22)(H,19,21). The maximum absolute atomic E-state index is 11.9. The Balaban J connectivity index is 1.61. The van der Waals surface area contributed by atoms with Crippen LogP contribution in [-0.4, -0.2) is 58.6 Å². The smallest absolute Gasteiger partial charge is 0.346 e. The third kappa shape index (κ3) is 6.50. The molecule has 1 aromatic carbocycles. The Hall–Kier alpha value is -3.21. The van der Waals surface area contributed by atoms with Gasteiger partial charge in [-0.05, 0) is 0 Å². The normalized spacial score (nSPS) is 13.2. The van der Waals surface area contributed by atoms with Crippen LogP contribution in [0.4, 0.5) is 0 Å². The van der Waals surface area contributed by atoms with E-state index in [9.17, 15) is 28.8 Å².